The van der Waals surface area contributed by atoms with Gasteiger partial charge in [0.25, 0.3) is 11.6 Å². The van der Waals surface area contributed by atoms with Gasteiger partial charge in [-0.05, 0) is 43.0 Å². The van der Waals surface area contributed by atoms with E-state index in [9.17, 15) is 14.9 Å². The highest BCUT2D eigenvalue weighted by molar-refractivity contribution is 5.95. The second-order valence-corrected chi connectivity index (χ2v) is 6.57. The van der Waals surface area contributed by atoms with E-state index in [-0.39, 0.29) is 11.4 Å². The van der Waals surface area contributed by atoms with Crippen LogP contribution in [0.3, 0.4) is 0 Å². The number of aryl methyl sites for hydroxylation is 1. The number of benzene rings is 2. The van der Waals surface area contributed by atoms with E-state index < -0.39 is 16.9 Å². The van der Waals surface area contributed by atoms with Crippen molar-refractivity contribution < 1.29 is 19.2 Å². The number of hydrogen-bond donors (Lipinski definition) is 1. The molecule has 0 aliphatic carbocycles. The smallest absolute Gasteiger partial charge is 0.271 e. The summed E-state index contributed by atoms with van der Waals surface area (Å²) in [5.41, 5.74) is 2.12. The Bertz CT molecular complexity index is 848. The van der Waals surface area contributed by atoms with Crippen LogP contribution in [0.4, 0.5) is 11.4 Å². The molecule has 0 aromatic heterocycles. The van der Waals surface area contributed by atoms with Gasteiger partial charge >= 0.3 is 0 Å². The number of methoxy groups -OCH3 is 1. The Hall–Kier alpha value is -3.09. The van der Waals surface area contributed by atoms with Gasteiger partial charge < -0.3 is 14.8 Å². The van der Waals surface area contributed by atoms with Crippen LogP contribution in [0.25, 0.3) is 0 Å². The number of nitro groups is 1. The monoisotopic (exact) mass is 372 g/mol. The standard InChI is InChI=1S/C20H24N2O5/c1-12(2)15-7-6-13(3)19(10-15)27-14(4)20(23)21-17-11-16(22(24)25)8-9-18(17)26-5/h6-12,14H,1-5H3,(H,21,23). The lowest BCUT2D eigenvalue weighted by Gasteiger charge is -2.18. The predicted molar refractivity (Wildman–Crippen MR) is 104 cm³/mol. The molecule has 2 rings (SSSR count). The van der Waals surface area contributed by atoms with Crippen LogP contribution in [0, 0.1) is 17.0 Å². The number of anilines is 1. The minimum absolute atomic E-state index is 0.139. The van der Waals surface area contributed by atoms with Gasteiger partial charge in [0, 0.05) is 12.1 Å². The average Bonchev–Trinajstić information content (AvgIpc) is 2.62. The van der Waals surface area contributed by atoms with Crippen molar-refractivity contribution in [3.63, 3.8) is 0 Å². The van der Waals surface area contributed by atoms with Crippen LogP contribution in [0.5, 0.6) is 11.5 Å². The summed E-state index contributed by atoms with van der Waals surface area (Å²) in [6.07, 6.45) is -0.796. The van der Waals surface area contributed by atoms with Crippen LogP contribution in [-0.4, -0.2) is 24.0 Å². The third-order valence-corrected chi connectivity index (χ3v) is 4.20. The molecule has 7 nitrogen and oxygen atoms in total. The predicted octanol–water partition coefficient (Wildman–Crippen LogP) is 4.44. The topological polar surface area (TPSA) is 90.7 Å². The molecule has 0 spiro atoms. The van der Waals surface area contributed by atoms with Crippen LogP contribution in [0.2, 0.25) is 0 Å². The third-order valence-electron chi connectivity index (χ3n) is 4.20. The largest absolute Gasteiger partial charge is 0.495 e. The van der Waals surface area contributed by atoms with E-state index in [4.69, 9.17) is 9.47 Å². The number of non-ortho nitro benzene ring substituents is 1. The summed E-state index contributed by atoms with van der Waals surface area (Å²) >= 11 is 0. The maximum atomic E-state index is 12.5. The Morgan fingerprint density at radius 2 is 1.81 bits per heavy atom. The fourth-order valence-electron chi connectivity index (χ4n) is 2.49. The zero-order chi connectivity index (χ0) is 20.1. The van der Waals surface area contributed by atoms with Crippen molar-refractivity contribution >= 4 is 17.3 Å². The highest BCUT2D eigenvalue weighted by Crippen LogP contribution is 2.29. The second-order valence-electron chi connectivity index (χ2n) is 6.57. The van der Waals surface area contributed by atoms with Gasteiger partial charge in [0.05, 0.1) is 17.7 Å². The maximum absolute atomic E-state index is 12.5. The molecule has 0 fully saturated rings. The quantitative estimate of drug-likeness (QED) is 0.573. The first kappa shape index (κ1) is 20.2. The summed E-state index contributed by atoms with van der Waals surface area (Å²) in [4.78, 5) is 23.0. The van der Waals surface area contributed by atoms with E-state index in [2.05, 4.69) is 19.2 Å². The Morgan fingerprint density at radius 1 is 1.11 bits per heavy atom. The summed E-state index contributed by atoms with van der Waals surface area (Å²) in [6.45, 7) is 7.70. The van der Waals surface area contributed by atoms with Crippen LogP contribution >= 0.6 is 0 Å². The molecule has 1 unspecified atom stereocenters. The van der Waals surface area contributed by atoms with Crippen LogP contribution in [0.1, 0.15) is 37.8 Å². The molecule has 1 atom stereocenters. The summed E-state index contributed by atoms with van der Waals surface area (Å²) in [7, 11) is 1.43. The number of rotatable bonds is 7. The molecule has 7 heteroatoms. The number of nitrogens with one attached hydrogen (secondary N) is 1. The van der Waals surface area contributed by atoms with Gasteiger partial charge in [-0.3, -0.25) is 14.9 Å². The molecular formula is C20H24N2O5. The number of nitro benzene ring substituents is 1. The van der Waals surface area contributed by atoms with Crippen molar-refractivity contribution in [1.29, 1.82) is 0 Å². The minimum atomic E-state index is -0.796. The number of ether oxygens (including phenoxy) is 2. The van der Waals surface area contributed by atoms with Gasteiger partial charge in [0.1, 0.15) is 11.5 Å². The van der Waals surface area contributed by atoms with Gasteiger partial charge in [-0.25, -0.2) is 0 Å². The summed E-state index contributed by atoms with van der Waals surface area (Å²) in [6, 6.07) is 9.93. The maximum Gasteiger partial charge on any atom is 0.271 e. The summed E-state index contributed by atoms with van der Waals surface area (Å²) in [5, 5.41) is 13.6. The van der Waals surface area contributed by atoms with Crippen molar-refractivity contribution in [2.75, 3.05) is 12.4 Å². The summed E-state index contributed by atoms with van der Waals surface area (Å²) < 4.78 is 11.0. The molecule has 0 aliphatic rings. The molecule has 0 heterocycles. The normalized spacial score (nSPS) is 11.8. The van der Waals surface area contributed by atoms with Gasteiger partial charge in [-0.1, -0.05) is 26.0 Å². The Labute approximate surface area is 158 Å². The van der Waals surface area contributed by atoms with E-state index in [1.165, 1.54) is 25.3 Å². The van der Waals surface area contributed by atoms with E-state index in [0.29, 0.717) is 17.4 Å². The van der Waals surface area contributed by atoms with Gasteiger partial charge in [0.15, 0.2) is 6.10 Å². The highest BCUT2D eigenvalue weighted by atomic mass is 16.6. The number of amides is 1. The molecule has 0 aliphatic heterocycles. The Morgan fingerprint density at radius 3 is 2.41 bits per heavy atom. The molecule has 1 N–H and O–H groups in total. The second kappa shape index (κ2) is 8.53. The molecule has 0 saturated carbocycles. The zero-order valence-corrected chi connectivity index (χ0v) is 16.1. The minimum Gasteiger partial charge on any atom is -0.495 e. The highest BCUT2D eigenvalue weighted by Gasteiger charge is 2.20. The van der Waals surface area contributed by atoms with Crippen molar-refractivity contribution in [3.8, 4) is 11.5 Å². The van der Waals surface area contributed by atoms with Gasteiger partial charge in [0.2, 0.25) is 0 Å². The molecule has 2 aromatic rings. The zero-order valence-electron chi connectivity index (χ0n) is 16.1. The van der Waals surface area contributed by atoms with Gasteiger partial charge in [-0.2, -0.15) is 0 Å². The number of carbonyl (C=O) groups is 1. The first-order valence-corrected chi connectivity index (χ1v) is 8.63. The van der Waals surface area contributed by atoms with Crippen molar-refractivity contribution in [3.05, 3.63) is 57.6 Å². The number of hydrogen-bond acceptors (Lipinski definition) is 5. The van der Waals surface area contributed by atoms with E-state index >= 15 is 0 Å². The SMILES string of the molecule is COc1ccc([N+](=O)[O-])cc1NC(=O)C(C)Oc1cc(C(C)C)ccc1C. The average molecular weight is 372 g/mol. The molecule has 144 valence electrons. The number of nitrogens with zero attached hydrogens (tertiary/aromatic N) is 1. The van der Waals surface area contributed by atoms with Crippen LogP contribution in [-0.2, 0) is 4.79 Å². The summed E-state index contributed by atoms with van der Waals surface area (Å²) in [5.74, 6) is 0.878. The van der Waals surface area contributed by atoms with Crippen molar-refractivity contribution in [2.24, 2.45) is 0 Å². The lowest BCUT2D eigenvalue weighted by molar-refractivity contribution is -0.384. The molecule has 0 bridgehead atoms. The Balaban J connectivity index is 2.18. The van der Waals surface area contributed by atoms with Crippen LogP contribution < -0.4 is 14.8 Å². The van der Waals surface area contributed by atoms with Gasteiger partial charge in [-0.15, -0.1) is 0 Å². The lowest BCUT2D eigenvalue weighted by atomic mass is 10.0. The first-order valence-electron chi connectivity index (χ1n) is 8.63. The van der Waals surface area contributed by atoms with Crippen molar-refractivity contribution in [2.45, 2.75) is 39.7 Å². The molecular weight excluding hydrogens is 348 g/mol. The molecule has 0 saturated heterocycles. The fraction of sp³-hybridized carbons (Fsp3) is 0.350. The third kappa shape index (κ3) is 4.97. The van der Waals surface area contributed by atoms with E-state index in [1.807, 2.05) is 25.1 Å². The van der Waals surface area contributed by atoms with Crippen molar-refractivity contribution in [1.82, 2.24) is 0 Å². The Kier molecular flexibility index (Phi) is 6.39. The van der Waals surface area contributed by atoms with E-state index in [1.54, 1.807) is 6.92 Å². The first-order chi connectivity index (χ1) is 12.7. The van der Waals surface area contributed by atoms with E-state index in [0.717, 1.165) is 11.1 Å². The molecule has 1 amide bonds. The number of carbonyl (C=O) groups excluding carboxylic acids is 1. The molecule has 2 aromatic carbocycles. The van der Waals surface area contributed by atoms with Crippen LogP contribution in [0.15, 0.2) is 36.4 Å². The molecule has 0 radical (unpaired) electrons. The fourth-order valence-corrected chi connectivity index (χ4v) is 2.49. The molecule has 27 heavy (non-hydrogen) atoms. The lowest BCUT2D eigenvalue weighted by Crippen LogP contribution is -2.30.